The number of rotatable bonds is 5. The number of hydrogen-bond donors (Lipinski definition) is 1. The van der Waals surface area contributed by atoms with Crippen LogP contribution in [0.5, 0.6) is 0 Å². The second-order valence-electron chi connectivity index (χ2n) is 5.92. The maximum Gasteiger partial charge on any atom is 0.311 e. The van der Waals surface area contributed by atoms with Crippen LogP contribution in [0, 0.1) is 5.82 Å². The summed E-state index contributed by atoms with van der Waals surface area (Å²) in [5, 5.41) is 4.67. The average molecular weight is 351 g/mol. The molecule has 0 aliphatic carbocycles. The lowest BCUT2D eigenvalue weighted by Crippen LogP contribution is -2.30. The molecule has 0 aromatic heterocycles. The number of carbonyl (C=O) groups is 2. The van der Waals surface area contributed by atoms with Crippen LogP contribution >= 0.6 is 0 Å². The fraction of sp³-hybridized carbons (Fsp3) is 0.143. The molecule has 0 saturated carbocycles. The minimum absolute atomic E-state index is 0.224. The summed E-state index contributed by atoms with van der Waals surface area (Å²) in [7, 11) is 0. The monoisotopic (exact) mass is 351 g/mol. The zero-order valence-corrected chi connectivity index (χ0v) is 14.2. The van der Waals surface area contributed by atoms with Crippen LogP contribution in [0.25, 0.3) is 10.8 Å². The van der Waals surface area contributed by atoms with E-state index in [-0.39, 0.29) is 12.0 Å². The lowest BCUT2D eigenvalue weighted by atomic mass is 10.1. The Kier molecular flexibility index (Phi) is 5.27. The smallest absolute Gasteiger partial charge is 0.311 e. The highest BCUT2D eigenvalue weighted by Gasteiger charge is 2.19. The molecule has 0 aliphatic heterocycles. The zero-order valence-electron chi connectivity index (χ0n) is 14.2. The molecule has 0 spiro atoms. The Morgan fingerprint density at radius 2 is 1.69 bits per heavy atom. The van der Waals surface area contributed by atoms with Gasteiger partial charge in [0.1, 0.15) is 5.82 Å². The van der Waals surface area contributed by atoms with Gasteiger partial charge in [0.25, 0.3) is 5.91 Å². The van der Waals surface area contributed by atoms with Gasteiger partial charge in [-0.1, -0.05) is 54.6 Å². The van der Waals surface area contributed by atoms with Gasteiger partial charge in [-0.2, -0.15) is 0 Å². The minimum atomic E-state index is -0.992. The molecule has 0 heterocycles. The van der Waals surface area contributed by atoms with E-state index < -0.39 is 23.8 Å². The van der Waals surface area contributed by atoms with Gasteiger partial charge in [0.15, 0.2) is 6.10 Å². The lowest BCUT2D eigenvalue weighted by Gasteiger charge is -2.15. The molecule has 3 rings (SSSR count). The molecule has 132 valence electrons. The van der Waals surface area contributed by atoms with Crippen molar-refractivity contribution in [3.8, 4) is 0 Å². The second kappa shape index (κ2) is 7.78. The van der Waals surface area contributed by atoms with Gasteiger partial charge in [0, 0.05) is 11.1 Å². The summed E-state index contributed by atoms with van der Waals surface area (Å²) in [6, 6.07) is 19.2. The predicted octanol–water partition coefficient (Wildman–Crippen LogP) is 4.09. The van der Waals surface area contributed by atoms with E-state index in [1.54, 1.807) is 18.2 Å². The molecule has 5 heteroatoms. The second-order valence-corrected chi connectivity index (χ2v) is 5.92. The van der Waals surface area contributed by atoms with E-state index in [9.17, 15) is 14.0 Å². The molecule has 0 aliphatic rings. The van der Waals surface area contributed by atoms with Crippen molar-refractivity contribution < 1.29 is 18.7 Å². The molecule has 3 aromatic rings. The highest BCUT2D eigenvalue weighted by Crippen LogP contribution is 2.23. The molecule has 0 bridgehead atoms. The Bertz CT molecular complexity index is 949. The van der Waals surface area contributed by atoms with Crippen LogP contribution in [-0.4, -0.2) is 18.0 Å². The molecule has 1 unspecified atom stereocenters. The average Bonchev–Trinajstić information content (AvgIpc) is 2.64. The first-order valence-electron chi connectivity index (χ1n) is 8.26. The van der Waals surface area contributed by atoms with Gasteiger partial charge in [-0.15, -0.1) is 0 Å². The van der Waals surface area contributed by atoms with Gasteiger partial charge in [-0.3, -0.25) is 9.59 Å². The third-order valence-electron chi connectivity index (χ3n) is 4.02. The third-order valence-corrected chi connectivity index (χ3v) is 4.02. The van der Waals surface area contributed by atoms with Crippen LogP contribution in [0.4, 0.5) is 10.1 Å². The molecule has 0 saturated heterocycles. The summed E-state index contributed by atoms with van der Waals surface area (Å²) in [5.74, 6) is -1.57. The summed E-state index contributed by atoms with van der Waals surface area (Å²) in [4.78, 5) is 24.3. The number of anilines is 1. The maximum absolute atomic E-state index is 13.6. The number of fused-ring (bicyclic) bond motifs is 1. The van der Waals surface area contributed by atoms with Crippen LogP contribution in [0.2, 0.25) is 0 Å². The highest BCUT2D eigenvalue weighted by molar-refractivity contribution is 6.03. The van der Waals surface area contributed by atoms with Gasteiger partial charge in [0.2, 0.25) is 0 Å². The van der Waals surface area contributed by atoms with Crippen molar-refractivity contribution in [3.63, 3.8) is 0 Å². The highest BCUT2D eigenvalue weighted by atomic mass is 19.1. The van der Waals surface area contributed by atoms with E-state index in [1.807, 2.05) is 36.4 Å². The van der Waals surface area contributed by atoms with Gasteiger partial charge in [-0.05, 0) is 30.0 Å². The van der Waals surface area contributed by atoms with E-state index in [1.165, 1.54) is 19.1 Å². The number of nitrogens with one attached hydrogen (secondary N) is 1. The van der Waals surface area contributed by atoms with Crippen LogP contribution in [-0.2, 0) is 20.7 Å². The van der Waals surface area contributed by atoms with Crippen molar-refractivity contribution >= 4 is 28.3 Å². The molecule has 26 heavy (non-hydrogen) atoms. The number of benzene rings is 3. The summed E-state index contributed by atoms with van der Waals surface area (Å²) in [5.41, 5.74) is 0.879. The van der Waals surface area contributed by atoms with E-state index in [2.05, 4.69) is 5.32 Å². The molecule has 0 fully saturated rings. The standard InChI is InChI=1S/C21H18FNO3/c1-14(26-20(24)13-16-8-3-5-11-18(16)22)21(25)23-19-12-6-9-15-7-2-4-10-17(15)19/h2-12,14H,13H2,1H3,(H,23,25). The number of hydrogen-bond acceptors (Lipinski definition) is 3. The third kappa shape index (κ3) is 4.06. The Morgan fingerprint density at radius 3 is 2.50 bits per heavy atom. The first-order chi connectivity index (χ1) is 12.5. The number of carbonyl (C=O) groups excluding carboxylic acids is 2. The van der Waals surface area contributed by atoms with Gasteiger partial charge in [-0.25, -0.2) is 4.39 Å². The number of amides is 1. The fourth-order valence-electron chi connectivity index (χ4n) is 2.66. The molecular weight excluding hydrogens is 333 g/mol. The van der Waals surface area contributed by atoms with Gasteiger partial charge in [0.05, 0.1) is 6.42 Å². The van der Waals surface area contributed by atoms with E-state index in [4.69, 9.17) is 4.74 Å². The van der Waals surface area contributed by atoms with Crippen molar-refractivity contribution in [1.82, 2.24) is 0 Å². The summed E-state index contributed by atoms with van der Waals surface area (Å²) < 4.78 is 18.7. The molecular formula is C21H18FNO3. The first-order valence-corrected chi connectivity index (χ1v) is 8.26. The SMILES string of the molecule is CC(OC(=O)Cc1ccccc1F)C(=O)Nc1cccc2ccccc12. The van der Waals surface area contributed by atoms with Crippen molar-refractivity contribution in [3.05, 3.63) is 78.1 Å². The summed E-state index contributed by atoms with van der Waals surface area (Å²) in [6.45, 7) is 1.49. The molecule has 4 nitrogen and oxygen atoms in total. The van der Waals surface area contributed by atoms with E-state index >= 15 is 0 Å². The molecule has 1 N–H and O–H groups in total. The number of esters is 1. The van der Waals surface area contributed by atoms with Crippen LogP contribution in [0.1, 0.15) is 12.5 Å². The molecule has 1 amide bonds. The predicted molar refractivity (Wildman–Crippen MR) is 98.2 cm³/mol. The number of halogens is 1. The molecule has 3 aromatic carbocycles. The van der Waals surface area contributed by atoms with E-state index in [0.717, 1.165) is 10.8 Å². The van der Waals surface area contributed by atoms with Gasteiger partial charge >= 0.3 is 5.97 Å². The Balaban J connectivity index is 1.64. The van der Waals surface area contributed by atoms with E-state index in [0.29, 0.717) is 5.69 Å². The minimum Gasteiger partial charge on any atom is -0.452 e. The maximum atomic E-state index is 13.6. The largest absolute Gasteiger partial charge is 0.452 e. The lowest BCUT2D eigenvalue weighted by molar-refractivity contribution is -0.152. The Labute approximate surface area is 150 Å². The Hall–Kier alpha value is -3.21. The zero-order chi connectivity index (χ0) is 18.5. The Morgan fingerprint density at radius 1 is 1.00 bits per heavy atom. The van der Waals surface area contributed by atoms with Crippen LogP contribution < -0.4 is 5.32 Å². The normalized spacial score (nSPS) is 11.8. The van der Waals surface area contributed by atoms with Crippen LogP contribution in [0.3, 0.4) is 0 Å². The van der Waals surface area contributed by atoms with Gasteiger partial charge < -0.3 is 10.1 Å². The summed E-state index contributed by atoms with van der Waals surface area (Å²) >= 11 is 0. The first kappa shape index (κ1) is 17.6. The number of ether oxygens (including phenoxy) is 1. The fourth-order valence-corrected chi connectivity index (χ4v) is 2.66. The van der Waals surface area contributed by atoms with Crippen LogP contribution in [0.15, 0.2) is 66.7 Å². The molecule has 1 atom stereocenters. The quantitative estimate of drug-likeness (QED) is 0.705. The van der Waals surface area contributed by atoms with Crippen molar-refractivity contribution in [1.29, 1.82) is 0 Å². The van der Waals surface area contributed by atoms with Crippen molar-refractivity contribution in [2.75, 3.05) is 5.32 Å². The van der Waals surface area contributed by atoms with Crippen molar-refractivity contribution in [2.24, 2.45) is 0 Å². The molecule has 0 radical (unpaired) electrons. The topological polar surface area (TPSA) is 55.4 Å². The summed E-state index contributed by atoms with van der Waals surface area (Å²) in [6.07, 6.45) is -1.22. The van der Waals surface area contributed by atoms with Crippen molar-refractivity contribution in [2.45, 2.75) is 19.4 Å².